The highest BCUT2D eigenvalue weighted by Gasteiger charge is 2.06. The predicted molar refractivity (Wildman–Crippen MR) is 74.6 cm³/mol. The summed E-state index contributed by atoms with van der Waals surface area (Å²) in [4.78, 5) is 11.9. The molecule has 0 radical (unpaired) electrons. The molecule has 3 nitrogen and oxygen atoms in total. The fourth-order valence-corrected chi connectivity index (χ4v) is 1.82. The Balaban J connectivity index is 2.26. The lowest BCUT2D eigenvalue weighted by molar-refractivity contribution is 0.104. The van der Waals surface area contributed by atoms with E-state index < -0.39 is 0 Å². The molecule has 0 unspecified atom stereocenters. The van der Waals surface area contributed by atoms with Crippen molar-refractivity contribution in [1.82, 2.24) is 0 Å². The average Bonchev–Trinajstić information content (AvgIpc) is 2.40. The number of hydrogen-bond donors (Lipinski definition) is 2. The second kappa shape index (κ2) is 5.59. The number of ketones is 1. The second-order valence-electron chi connectivity index (χ2n) is 3.92. The zero-order valence-corrected chi connectivity index (χ0v) is 10.6. The lowest BCUT2D eigenvalue weighted by Gasteiger charge is -2.01. The number of allylic oxidation sites excluding steroid dienone is 1. The van der Waals surface area contributed by atoms with Gasteiger partial charge in [0.05, 0.1) is 5.02 Å². The number of hydrogen-bond acceptors (Lipinski definition) is 3. The number of benzene rings is 2. The van der Waals surface area contributed by atoms with Crippen LogP contribution in [-0.4, -0.2) is 16.0 Å². The highest BCUT2D eigenvalue weighted by molar-refractivity contribution is 6.34. The van der Waals surface area contributed by atoms with Crippen molar-refractivity contribution in [2.75, 3.05) is 0 Å². The molecule has 2 aromatic rings. The molecule has 0 aliphatic carbocycles. The molecule has 4 heteroatoms. The Kier molecular flexibility index (Phi) is 3.88. The molecule has 0 saturated heterocycles. The molecule has 2 N–H and O–H groups in total. The third-order valence-electron chi connectivity index (χ3n) is 2.56. The molecular formula is C15H11ClO3. The fraction of sp³-hybridized carbons (Fsp3) is 0. The van der Waals surface area contributed by atoms with Crippen LogP contribution in [-0.2, 0) is 0 Å². The Hall–Kier alpha value is -2.26. The quantitative estimate of drug-likeness (QED) is 0.510. The van der Waals surface area contributed by atoms with Crippen molar-refractivity contribution in [2.24, 2.45) is 0 Å². The van der Waals surface area contributed by atoms with E-state index in [0.717, 1.165) is 0 Å². The summed E-state index contributed by atoms with van der Waals surface area (Å²) in [5.41, 5.74) is 0.750. The third kappa shape index (κ3) is 3.14. The van der Waals surface area contributed by atoms with Crippen molar-refractivity contribution < 1.29 is 15.0 Å². The summed E-state index contributed by atoms with van der Waals surface area (Å²) in [6.07, 6.45) is 2.73. The van der Waals surface area contributed by atoms with Gasteiger partial charge in [0.2, 0.25) is 0 Å². The van der Waals surface area contributed by atoms with Crippen LogP contribution in [0.4, 0.5) is 0 Å². The summed E-state index contributed by atoms with van der Waals surface area (Å²) in [6, 6.07) is 10.8. The van der Waals surface area contributed by atoms with Gasteiger partial charge in [0.1, 0.15) is 11.5 Å². The maximum Gasteiger partial charge on any atom is 0.187 e. The molecule has 0 aliphatic rings. The molecule has 19 heavy (non-hydrogen) atoms. The first-order chi connectivity index (χ1) is 9.08. The minimum atomic E-state index is -0.270. The number of phenolic OH excluding ortho intramolecular Hbond substituents is 2. The standard InChI is InChI=1S/C15H11ClO3/c16-13-4-2-1-3-12(13)15(19)7-5-10-9-11(17)6-8-14(10)18/h1-9,17-18H/b7-5+. The Morgan fingerprint density at radius 1 is 1.11 bits per heavy atom. The van der Waals surface area contributed by atoms with E-state index in [4.69, 9.17) is 11.6 Å². The Bertz CT molecular complexity index is 648. The van der Waals surface area contributed by atoms with Gasteiger partial charge in [-0.15, -0.1) is 0 Å². The molecular weight excluding hydrogens is 264 g/mol. The van der Waals surface area contributed by atoms with Crippen LogP contribution in [0.15, 0.2) is 48.5 Å². The van der Waals surface area contributed by atoms with E-state index >= 15 is 0 Å². The van der Waals surface area contributed by atoms with Crippen LogP contribution >= 0.6 is 11.6 Å². The van der Waals surface area contributed by atoms with Gasteiger partial charge in [0, 0.05) is 11.1 Å². The smallest absolute Gasteiger partial charge is 0.187 e. The molecule has 0 fully saturated rings. The van der Waals surface area contributed by atoms with E-state index in [1.54, 1.807) is 24.3 Å². The van der Waals surface area contributed by atoms with Gasteiger partial charge in [-0.05, 0) is 42.5 Å². The minimum absolute atomic E-state index is 0.0130. The summed E-state index contributed by atoms with van der Waals surface area (Å²) >= 11 is 5.91. The molecule has 96 valence electrons. The average molecular weight is 275 g/mol. The number of carbonyl (C=O) groups excluding carboxylic acids is 1. The van der Waals surface area contributed by atoms with Crippen molar-refractivity contribution >= 4 is 23.5 Å². The van der Waals surface area contributed by atoms with Crippen molar-refractivity contribution in [1.29, 1.82) is 0 Å². The van der Waals surface area contributed by atoms with Crippen LogP contribution in [0.5, 0.6) is 11.5 Å². The van der Waals surface area contributed by atoms with Crippen LogP contribution in [0, 0.1) is 0 Å². The highest BCUT2D eigenvalue weighted by atomic mass is 35.5. The van der Waals surface area contributed by atoms with Crippen LogP contribution < -0.4 is 0 Å². The first-order valence-corrected chi connectivity index (χ1v) is 5.94. The van der Waals surface area contributed by atoms with Crippen molar-refractivity contribution in [3.05, 3.63) is 64.7 Å². The molecule has 0 saturated carbocycles. The lowest BCUT2D eigenvalue weighted by Crippen LogP contribution is -1.94. The van der Waals surface area contributed by atoms with E-state index in [1.165, 1.54) is 30.4 Å². The van der Waals surface area contributed by atoms with Crippen LogP contribution in [0.1, 0.15) is 15.9 Å². The molecule has 0 atom stereocenters. The summed E-state index contributed by atoms with van der Waals surface area (Å²) in [5.74, 6) is -0.267. The van der Waals surface area contributed by atoms with Gasteiger partial charge >= 0.3 is 0 Å². The number of halogens is 1. The van der Waals surface area contributed by atoms with Gasteiger partial charge in [0.15, 0.2) is 5.78 Å². The molecule has 2 rings (SSSR count). The molecule has 0 amide bonds. The zero-order valence-electron chi connectivity index (χ0n) is 9.88. The molecule has 0 bridgehead atoms. The second-order valence-corrected chi connectivity index (χ2v) is 4.33. The minimum Gasteiger partial charge on any atom is -0.508 e. The monoisotopic (exact) mass is 274 g/mol. The highest BCUT2D eigenvalue weighted by Crippen LogP contribution is 2.24. The van der Waals surface area contributed by atoms with Crippen molar-refractivity contribution in [2.45, 2.75) is 0 Å². The van der Waals surface area contributed by atoms with Gasteiger partial charge in [-0.2, -0.15) is 0 Å². The molecule has 2 aromatic carbocycles. The number of aromatic hydroxyl groups is 2. The van der Waals surface area contributed by atoms with E-state index in [2.05, 4.69) is 0 Å². The van der Waals surface area contributed by atoms with E-state index in [1.807, 2.05) is 0 Å². The molecule has 0 aromatic heterocycles. The fourth-order valence-electron chi connectivity index (χ4n) is 1.59. The largest absolute Gasteiger partial charge is 0.508 e. The van der Waals surface area contributed by atoms with Gasteiger partial charge in [-0.3, -0.25) is 4.79 Å². The third-order valence-corrected chi connectivity index (χ3v) is 2.89. The van der Waals surface area contributed by atoms with Crippen LogP contribution in [0.3, 0.4) is 0 Å². The van der Waals surface area contributed by atoms with Gasteiger partial charge in [-0.1, -0.05) is 23.7 Å². The predicted octanol–water partition coefficient (Wildman–Crippen LogP) is 3.65. The Morgan fingerprint density at radius 3 is 2.58 bits per heavy atom. The van der Waals surface area contributed by atoms with E-state index in [-0.39, 0.29) is 17.3 Å². The van der Waals surface area contributed by atoms with Gasteiger partial charge in [0.25, 0.3) is 0 Å². The van der Waals surface area contributed by atoms with E-state index in [9.17, 15) is 15.0 Å². The Morgan fingerprint density at radius 2 is 1.84 bits per heavy atom. The van der Waals surface area contributed by atoms with Gasteiger partial charge in [-0.25, -0.2) is 0 Å². The normalized spacial score (nSPS) is 10.8. The van der Waals surface area contributed by atoms with Crippen LogP contribution in [0.2, 0.25) is 5.02 Å². The summed E-state index contributed by atoms with van der Waals surface area (Å²) < 4.78 is 0. The Labute approximate surface area is 115 Å². The molecule has 0 spiro atoms. The first kappa shape index (κ1) is 13.2. The number of rotatable bonds is 3. The maximum absolute atomic E-state index is 11.9. The maximum atomic E-state index is 11.9. The molecule has 0 heterocycles. The zero-order chi connectivity index (χ0) is 13.8. The lowest BCUT2D eigenvalue weighted by atomic mass is 10.1. The summed E-state index contributed by atoms with van der Waals surface area (Å²) in [5, 5.41) is 19.3. The number of carbonyl (C=O) groups is 1. The topological polar surface area (TPSA) is 57.5 Å². The summed E-state index contributed by atoms with van der Waals surface area (Å²) in [7, 11) is 0. The van der Waals surface area contributed by atoms with Crippen molar-refractivity contribution in [3.8, 4) is 11.5 Å². The van der Waals surface area contributed by atoms with Gasteiger partial charge < -0.3 is 10.2 Å². The number of phenols is 2. The summed E-state index contributed by atoms with van der Waals surface area (Å²) in [6.45, 7) is 0. The molecule has 0 aliphatic heterocycles. The van der Waals surface area contributed by atoms with Crippen LogP contribution in [0.25, 0.3) is 6.08 Å². The van der Waals surface area contributed by atoms with E-state index in [0.29, 0.717) is 16.1 Å². The SMILES string of the molecule is O=C(/C=C/c1cc(O)ccc1O)c1ccccc1Cl. The first-order valence-electron chi connectivity index (χ1n) is 5.57. The van der Waals surface area contributed by atoms with Crippen molar-refractivity contribution in [3.63, 3.8) is 0 Å².